The van der Waals surface area contributed by atoms with Crippen LogP contribution in [0.4, 0.5) is 0 Å². The number of aryl methyl sites for hydroxylation is 1. The number of aliphatic imine (C=N–C) groups is 1. The number of hydrogen-bond acceptors (Lipinski definition) is 5. The van der Waals surface area contributed by atoms with Crippen LogP contribution in [-0.2, 0) is 23.2 Å². The van der Waals surface area contributed by atoms with E-state index in [0.29, 0.717) is 42.0 Å². The standard InChI is InChI=1S/C31H31BrN4O3/c1-20(21-8-4-3-5-9-21)16-23(18-33-2)31(13-14-31)30-34-26-12-7-15-36(19-25(26)28(38)35-30)29(39)27(37)22-10-6-11-24(32)17-22/h3-6,8-11,16-18,27,37H,2,7,12-15,19H2,1H3,(H,34,35,38)/b20-16+,23-18+. The predicted octanol–water partition coefficient (Wildman–Crippen LogP) is 5.26. The molecular weight excluding hydrogens is 556 g/mol. The Bertz CT molecular complexity index is 1520. The summed E-state index contributed by atoms with van der Waals surface area (Å²) in [6.45, 7) is 6.28. The number of halogens is 1. The van der Waals surface area contributed by atoms with Crippen LogP contribution >= 0.6 is 15.9 Å². The molecular formula is C31H31BrN4O3. The second-order valence-electron chi connectivity index (χ2n) is 10.2. The summed E-state index contributed by atoms with van der Waals surface area (Å²) in [5, 5.41) is 10.8. The summed E-state index contributed by atoms with van der Waals surface area (Å²) >= 11 is 3.38. The number of aromatic amines is 1. The highest BCUT2D eigenvalue weighted by Gasteiger charge is 2.49. The minimum absolute atomic E-state index is 0.110. The van der Waals surface area contributed by atoms with E-state index in [1.54, 1.807) is 29.3 Å². The third-order valence-electron chi connectivity index (χ3n) is 7.59. The molecule has 1 aromatic heterocycles. The monoisotopic (exact) mass is 586 g/mol. The fourth-order valence-corrected chi connectivity index (χ4v) is 5.65. The normalized spacial score (nSPS) is 17.7. The number of aromatic nitrogens is 2. The van der Waals surface area contributed by atoms with Crippen LogP contribution in [-0.4, -0.2) is 39.1 Å². The van der Waals surface area contributed by atoms with E-state index >= 15 is 0 Å². The topological polar surface area (TPSA) is 98.7 Å². The van der Waals surface area contributed by atoms with Gasteiger partial charge >= 0.3 is 0 Å². The molecule has 7 nitrogen and oxygen atoms in total. The largest absolute Gasteiger partial charge is 0.378 e. The number of aliphatic hydroxyl groups excluding tert-OH is 1. The average Bonchev–Trinajstić information content (AvgIpc) is 3.77. The van der Waals surface area contributed by atoms with E-state index in [1.807, 2.05) is 24.3 Å². The third-order valence-corrected chi connectivity index (χ3v) is 8.08. The first-order valence-corrected chi connectivity index (χ1v) is 13.9. The lowest BCUT2D eigenvalue weighted by Gasteiger charge is -2.24. The van der Waals surface area contributed by atoms with Crippen LogP contribution in [0, 0.1) is 0 Å². The summed E-state index contributed by atoms with van der Waals surface area (Å²) in [5.41, 5.74) is 4.19. The molecule has 2 heterocycles. The van der Waals surface area contributed by atoms with Crippen molar-refractivity contribution in [2.24, 2.45) is 4.99 Å². The number of carbonyl (C=O) groups is 1. The maximum Gasteiger partial charge on any atom is 0.256 e. The van der Waals surface area contributed by atoms with Gasteiger partial charge in [-0.05, 0) is 73.7 Å². The highest BCUT2D eigenvalue weighted by atomic mass is 79.9. The van der Waals surface area contributed by atoms with Gasteiger partial charge in [-0.25, -0.2) is 4.98 Å². The molecule has 1 aliphatic carbocycles. The van der Waals surface area contributed by atoms with Gasteiger partial charge < -0.3 is 15.0 Å². The second-order valence-corrected chi connectivity index (χ2v) is 11.1. The molecule has 1 atom stereocenters. The van der Waals surface area contributed by atoms with Crippen molar-refractivity contribution in [2.75, 3.05) is 6.54 Å². The van der Waals surface area contributed by atoms with Crippen molar-refractivity contribution in [3.63, 3.8) is 0 Å². The molecule has 1 aliphatic heterocycles. The number of benzene rings is 2. The summed E-state index contributed by atoms with van der Waals surface area (Å²) in [7, 11) is 0. The Balaban J connectivity index is 1.43. The lowest BCUT2D eigenvalue weighted by atomic mass is 9.91. The highest BCUT2D eigenvalue weighted by molar-refractivity contribution is 9.10. The molecule has 1 amide bonds. The zero-order chi connectivity index (χ0) is 27.6. The van der Waals surface area contributed by atoms with Gasteiger partial charge in [0.1, 0.15) is 5.82 Å². The fourth-order valence-electron chi connectivity index (χ4n) is 5.23. The van der Waals surface area contributed by atoms with E-state index in [2.05, 4.69) is 57.8 Å². The van der Waals surface area contributed by atoms with Crippen molar-refractivity contribution in [3.05, 3.63) is 115 Å². The van der Waals surface area contributed by atoms with E-state index in [4.69, 9.17) is 4.98 Å². The summed E-state index contributed by atoms with van der Waals surface area (Å²) in [5.74, 6) is 0.207. The van der Waals surface area contributed by atoms with Gasteiger partial charge in [-0.15, -0.1) is 0 Å². The van der Waals surface area contributed by atoms with Crippen molar-refractivity contribution in [2.45, 2.75) is 50.7 Å². The molecule has 8 heteroatoms. The molecule has 0 saturated heterocycles. The Morgan fingerprint density at radius 1 is 1.23 bits per heavy atom. The van der Waals surface area contributed by atoms with Gasteiger partial charge in [-0.2, -0.15) is 0 Å². The second kappa shape index (κ2) is 11.2. The minimum Gasteiger partial charge on any atom is -0.378 e. The van der Waals surface area contributed by atoms with Crippen LogP contribution in [0.1, 0.15) is 60.5 Å². The molecule has 0 bridgehead atoms. The van der Waals surface area contributed by atoms with Crippen LogP contribution in [0.25, 0.3) is 5.57 Å². The first-order valence-electron chi connectivity index (χ1n) is 13.1. The van der Waals surface area contributed by atoms with Crippen LogP contribution in [0.2, 0.25) is 0 Å². The number of aliphatic hydroxyl groups is 1. The summed E-state index contributed by atoms with van der Waals surface area (Å²) < 4.78 is 0.782. The van der Waals surface area contributed by atoms with Gasteiger partial charge in [-0.1, -0.05) is 64.5 Å². The van der Waals surface area contributed by atoms with Gasteiger partial charge in [-0.3, -0.25) is 14.6 Å². The number of amides is 1. The lowest BCUT2D eigenvalue weighted by molar-refractivity contribution is -0.141. The molecule has 2 aliphatic rings. The van der Waals surface area contributed by atoms with Crippen LogP contribution in [0.3, 0.4) is 0 Å². The van der Waals surface area contributed by atoms with Crippen molar-refractivity contribution in [1.29, 1.82) is 0 Å². The maximum atomic E-state index is 13.4. The summed E-state index contributed by atoms with van der Waals surface area (Å²) in [6, 6.07) is 17.2. The van der Waals surface area contributed by atoms with Gasteiger partial charge in [0.15, 0.2) is 6.10 Å². The zero-order valence-corrected chi connectivity index (χ0v) is 23.4. The smallest absolute Gasteiger partial charge is 0.256 e. The van der Waals surface area contributed by atoms with Crippen LogP contribution in [0.15, 0.2) is 86.7 Å². The molecule has 2 aromatic carbocycles. The minimum atomic E-state index is -1.30. The first-order chi connectivity index (χ1) is 18.8. The van der Waals surface area contributed by atoms with Crippen molar-refractivity contribution >= 4 is 34.1 Å². The van der Waals surface area contributed by atoms with Gasteiger partial charge in [0.2, 0.25) is 0 Å². The van der Waals surface area contributed by atoms with Crippen LogP contribution < -0.4 is 5.56 Å². The van der Waals surface area contributed by atoms with E-state index < -0.39 is 17.4 Å². The molecule has 1 fully saturated rings. The van der Waals surface area contributed by atoms with Crippen molar-refractivity contribution < 1.29 is 9.90 Å². The van der Waals surface area contributed by atoms with Gasteiger partial charge in [0.25, 0.3) is 11.5 Å². The average molecular weight is 588 g/mol. The zero-order valence-electron chi connectivity index (χ0n) is 21.9. The van der Waals surface area contributed by atoms with E-state index in [9.17, 15) is 14.7 Å². The number of nitrogens with one attached hydrogen (secondary N) is 1. The summed E-state index contributed by atoms with van der Waals surface area (Å²) in [4.78, 5) is 40.2. The molecule has 0 spiro atoms. The van der Waals surface area contributed by atoms with Crippen molar-refractivity contribution in [3.8, 4) is 0 Å². The SMILES string of the molecule is C=N/C=C(\C=C(/C)c1ccccc1)C1(c2nc3c(c(=O)[nH]2)CN(C(=O)C(O)c2cccc(Br)c2)CCC3)CC1. The number of allylic oxidation sites excluding steroid dienone is 3. The van der Waals surface area contributed by atoms with Gasteiger partial charge in [0.05, 0.1) is 23.2 Å². The highest BCUT2D eigenvalue weighted by Crippen LogP contribution is 2.53. The number of rotatable bonds is 7. The number of fused-ring (bicyclic) bond motifs is 1. The fraction of sp³-hybridized carbons (Fsp3) is 0.290. The first kappa shape index (κ1) is 27.0. The predicted molar refractivity (Wildman–Crippen MR) is 156 cm³/mol. The molecule has 3 aromatic rings. The Labute approximate surface area is 236 Å². The maximum absolute atomic E-state index is 13.4. The Morgan fingerprint density at radius 2 is 2.00 bits per heavy atom. The molecule has 0 radical (unpaired) electrons. The molecule has 39 heavy (non-hydrogen) atoms. The molecule has 5 rings (SSSR count). The quantitative estimate of drug-likeness (QED) is 0.291. The number of H-pyrrole nitrogens is 1. The van der Waals surface area contributed by atoms with Crippen LogP contribution in [0.5, 0.6) is 0 Å². The van der Waals surface area contributed by atoms with Gasteiger partial charge in [0, 0.05) is 17.2 Å². The summed E-state index contributed by atoms with van der Waals surface area (Å²) in [6.07, 6.45) is 5.48. The number of carbonyl (C=O) groups excluding carboxylic acids is 1. The molecule has 1 saturated carbocycles. The van der Waals surface area contributed by atoms with E-state index in [0.717, 1.165) is 34.0 Å². The third kappa shape index (κ3) is 5.58. The molecule has 1 unspecified atom stereocenters. The lowest BCUT2D eigenvalue weighted by Crippen LogP contribution is -2.36. The Hall–Kier alpha value is -3.62. The van der Waals surface area contributed by atoms with E-state index in [1.165, 1.54) is 0 Å². The molecule has 200 valence electrons. The Morgan fingerprint density at radius 3 is 2.69 bits per heavy atom. The van der Waals surface area contributed by atoms with E-state index in [-0.39, 0.29) is 12.1 Å². The molecule has 2 N–H and O–H groups in total. The Kier molecular flexibility index (Phi) is 7.77. The van der Waals surface area contributed by atoms with Crippen molar-refractivity contribution in [1.82, 2.24) is 14.9 Å². The number of nitrogens with zero attached hydrogens (tertiary/aromatic N) is 3. The number of hydrogen-bond donors (Lipinski definition) is 2.